The van der Waals surface area contributed by atoms with Crippen LogP contribution < -0.4 is 5.32 Å². The Bertz CT molecular complexity index is 312. The lowest BCUT2D eigenvalue weighted by atomic mass is 9.94. The van der Waals surface area contributed by atoms with E-state index in [0.717, 1.165) is 5.82 Å². The maximum Gasteiger partial charge on any atom is 0.126 e. The SMILES string of the molecule is CCN1CCC(Nc2ccccn2)C(C)C1. The number of aromatic nitrogens is 1. The third kappa shape index (κ3) is 2.73. The van der Waals surface area contributed by atoms with Crippen molar-refractivity contribution in [1.29, 1.82) is 0 Å². The minimum absolute atomic E-state index is 0.567. The second kappa shape index (κ2) is 5.30. The van der Waals surface area contributed by atoms with E-state index >= 15 is 0 Å². The van der Waals surface area contributed by atoms with Crippen molar-refractivity contribution in [3.8, 4) is 0 Å². The number of rotatable bonds is 3. The molecule has 0 aliphatic carbocycles. The second-order valence-electron chi connectivity index (χ2n) is 4.62. The van der Waals surface area contributed by atoms with Crippen LogP contribution in [-0.2, 0) is 0 Å². The van der Waals surface area contributed by atoms with Crippen molar-refractivity contribution < 1.29 is 0 Å². The lowest BCUT2D eigenvalue weighted by molar-refractivity contribution is 0.179. The van der Waals surface area contributed by atoms with E-state index in [2.05, 4.69) is 29.0 Å². The molecule has 0 radical (unpaired) electrons. The molecule has 1 saturated heterocycles. The summed E-state index contributed by atoms with van der Waals surface area (Å²) in [5.41, 5.74) is 0. The fourth-order valence-electron chi connectivity index (χ4n) is 2.37. The van der Waals surface area contributed by atoms with Gasteiger partial charge in [0, 0.05) is 25.3 Å². The van der Waals surface area contributed by atoms with Crippen LogP contribution in [-0.4, -0.2) is 35.6 Å². The summed E-state index contributed by atoms with van der Waals surface area (Å²) in [6.07, 6.45) is 3.06. The van der Waals surface area contributed by atoms with Crippen molar-refractivity contribution in [3.05, 3.63) is 24.4 Å². The van der Waals surface area contributed by atoms with Gasteiger partial charge in [-0.3, -0.25) is 0 Å². The number of piperidine rings is 1. The molecule has 1 aromatic rings. The van der Waals surface area contributed by atoms with E-state index in [0.29, 0.717) is 12.0 Å². The average Bonchev–Trinajstić information content (AvgIpc) is 2.33. The molecule has 16 heavy (non-hydrogen) atoms. The highest BCUT2D eigenvalue weighted by Gasteiger charge is 2.24. The Morgan fingerprint density at radius 1 is 1.50 bits per heavy atom. The standard InChI is InChI=1S/C13H21N3/c1-3-16-9-7-12(11(2)10-16)15-13-6-4-5-8-14-13/h4-6,8,11-12H,3,7,9-10H2,1-2H3,(H,14,15). The fraction of sp³-hybridized carbons (Fsp3) is 0.615. The van der Waals surface area contributed by atoms with Gasteiger partial charge in [-0.1, -0.05) is 19.9 Å². The number of hydrogen-bond acceptors (Lipinski definition) is 3. The number of likely N-dealkylation sites (tertiary alicyclic amines) is 1. The molecule has 2 atom stereocenters. The van der Waals surface area contributed by atoms with Crippen molar-refractivity contribution in [3.63, 3.8) is 0 Å². The zero-order valence-electron chi connectivity index (χ0n) is 10.2. The van der Waals surface area contributed by atoms with Gasteiger partial charge in [-0.15, -0.1) is 0 Å². The number of nitrogens with zero attached hydrogens (tertiary/aromatic N) is 2. The average molecular weight is 219 g/mol. The lowest BCUT2D eigenvalue weighted by Gasteiger charge is -2.36. The molecule has 0 spiro atoms. The van der Waals surface area contributed by atoms with Crippen LogP contribution in [0.15, 0.2) is 24.4 Å². The van der Waals surface area contributed by atoms with Gasteiger partial charge in [0.05, 0.1) is 0 Å². The summed E-state index contributed by atoms with van der Waals surface area (Å²) >= 11 is 0. The molecule has 0 amide bonds. The molecule has 2 unspecified atom stereocenters. The van der Waals surface area contributed by atoms with Gasteiger partial charge in [0.1, 0.15) is 5.82 Å². The third-order valence-corrected chi connectivity index (χ3v) is 3.43. The molecule has 1 aliphatic heterocycles. The van der Waals surface area contributed by atoms with Crippen molar-refractivity contribution in [2.75, 3.05) is 25.0 Å². The Balaban J connectivity index is 1.92. The van der Waals surface area contributed by atoms with Crippen LogP contribution in [0.3, 0.4) is 0 Å². The first-order valence-electron chi connectivity index (χ1n) is 6.19. The van der Waals surface area contributed by atoms with E-state index in [1.807, 2.05) is 24.4 Å². The van der Waals surface area contributed by atoms with E-state index in [9.17, 15) is 0 Å². The molecule has 1 aliphatic rings. The van der Waals surface area contributed by atoms with Gasteiger partial charge >= 0.3 is 0 Å². The topological polar surface area (TPSA) is 28.2 Å². The smallest absolute Gasteiger partial charge is 0.126 e. The van der Waals surface area contributed by atoms with Crippen LogP contribution in [0.2, 0.25) is 0 Å². The van der Waals surface area contributed by atoms with E-state index in [1.165, 1.54) is 26.1 Å². The third-order valence-electron chi connectivity index (χ3n) is 3.43. The van der Waals surface area contributed by atoms with Gasteiger partial charge in [-0.2, -0.15) is 0 Å². The summed E-state index contributed by atoms with van der Waals surface area (Å²) < 4.78 is 0. The molecule has 2 heterocycles. The van der Waals surface area contributed by atoms with Crippen molar-refractivity contribution >= 4 is 5.82 Å². The minimum atomic E-state index is 0.567. The maximum absolute atomic E-state index is 4.32. The monoisotopic (exact) mass is 219 g/mol. The van der Waals surface area contributed by atoms with Crippen LogP contribution in [0.1, 0.15) is 20.3 Å². The first-order chi connectivity index (χ1) is 7.79. The summed E-state index contributed by atoms with van der Waals surface area (Å²) in [7, 11) is 0. The molecule has 1 fully saturated rings. The molecule has 3 nitrogen and oxygen atoms in total. The van der Waals surface area contributed by atoms with Gasteiger partial charge in [0.25, 0.3) is 0 Å². The molecule has 3 heteroatoms. The van der Waals surface area contributed by atoms with Crippen LogP contribution in [0, 0.1) is 5.92 Å². The van der Waals surface area contributed by atoms with Gasteiger partial charge in [-0.25, -0.2) is 4.98 Å². The van der Waals surface area contributed by atoms with Crippen LogP contribution >= 0.6 is 0 Å². The molecular formula is C13H21N3. The summed E-state index contributed by atoms with van der Waals surface area (Å²) in [5.74, 6) is 1.69. The van der Waals surface area contributed by atoms with Crippen molar-refractivity contribution in [2.45, 2.75) is 26.3 Å². The maximum atomic E-state index is 4.32. The van der Waals surface area contributed by atoms with Gasteiger partial charge in [-0.05, 0) is 31.0 Å². The van der Waals surface area contributed by atoms with Gasteiger partial charge in [0.2, 0.25) is 0 Å². The second-order valence-corrected chi connectivity index (χ2v) is 4.62. The molecule has 1 N–H and O–H groups in total. The van der Waals surface area contributed by atoms with Gasteiger partial charge < -0.3 is 10.2 Å². The van der Waals surface area contributed by atoms with E-state index in [4.69, 9.17) is 0 Å². The molecule has 0 bridgehead atoms. The number of hydrogen-bond donors (Lipinski definition) is 1. The summed E-state index contributed by atoms with van der Waals surface area (Å²) in [6, 6.07) is 6.59. The molecule has 2 rings (SSSR count). The first kappa shape index (κ1) is 11.4. The quantitative estimate of drug-likeness (QED) is 0.845. The molecule has 0 aromatic carbocycles. The van der Waals surface area contributed by atoms with Crippen LogP contribution in [0.25, 0.3) is 0 Å². The Morgan fingerprint density at radius 2 is 2.38 bits per heavy atom. The fourth-order valence-corrected chi connectivity index (χ4v) is 2.37. The Kier molecular flexibility index (Phi) is 3.78. The zero-order chi connectivity index (χ0) is 11.4. The van der Waals surface area contributed by atoms with Crippen molar-refractivity contribution in [2.24, 2.45) is 5.92 Å². The first-order valence-corrected chi connectivity index (χ1v) is 6.19. The number of pyridine rings is 1. The highest BCUT2D eigenvalue weighted by atomic mass is 15.1. The molecule has 88 valence electrons. The predicted molar refractivity (Wildman–Crippen MR) is 67.5 cm³/mol. The Labute approximate surface area is 97.9 Å². The Hall–Kier alpha value is -1.09. The summed E-state index contributed by atoms with van der Waals surface area (Å²) in [4.78, 5) is 6.84. The molecular weight excluding hydrogens is 198 g/mol. The highest BCUT2D eigenvalue weighted by molar-refractivity contribution is 5.34. The highest BCUT2D eigenvalue weighted by Crippen LogP contribution is 2.19. The van der Waals surface area contributed by atoms with E-state index < -0.39 is 0 Å². The number of nitrogens with one attached hydrogen (secondary N) is 1. The minimum Gasteiger partial charge on any atom is -0.367 e. The predicted octanol–water partition coefficient (Wildman–Crippen LogP) is 2.22. The van der Waals surface area contributed by atoms with E-state index in [-0.39, 0.29) is 0 Å². The van der Waals surface area contributed by atoms with Crippen LogP contribution in [0.5, 0.6) is 0 Å². The van der Waals surface area contributed by atoms with Crippen LogP contribution in [0.4, 0.5) is 5.82 Å². The summed E-state index contributed by atoms with van der Waals surface area (Å²) in [6.45, 7) is 8.12. The van der Waals surface area contributed by atoms with Crippen molar-refractivity contribution in [1.82, 2.24) is 9.88 Å². The molecule has 1 aromatic heterocycles. The normalized spacial score (nSPS) is 26.6. The number of anilines is 1. The lowest BCUT2D eigenvalue weighted by Crippen LogP contribution is -2.45. The molecule has 0 saturated carbocycles. The Morgan fingerprint density at radius 3 is 3.00 bits per heavy atom. The van der Waals surface area contributed by atoms with E-state index in [1.54, 1.807) is 0 Å². The van der Waals surface area contributed by atoms with Gasteiger partial charge in [0.15, 0.2) is 0 Å². The zero-order valence-corrected chi connectivity index (χ0v) is 10.2. The summed E-state index contributed by atoms with van der Waals surface area (Å²) in [5, 5.41) is 3.54. The largest absolute Gasteiger partial charge is 0.367 e.